The molecule has 29 heavy (non-hydrogen) atoms. The lowest BCUT2D eigenvalue weighted by Crippen LogP contribution is -2.37. The number of amides is 2. The maximum atomic E-state index is 12.9. The van der Waals surface area contributed by atoms with Gasteiger partial charge in [0.1, 0.15) is 0 Å². The van der Waals surface area contributed by atoms with E-state index in [0.29, 0.717) is 16.9 Å². The highest BCUT2D eigenvalue weighted by Crippen LogP contribution is 2.32. The second-order valence-electron chi connectivity index (χ2n) is 6.45. The van der Waals surface area contributed by atoms with E-state index in [1.807, 2.05) is 0 Å². The first-order chi connectivity index (χ1) is 13.9. The topological polar surface area (TPSA) is 67.9 Å². The molecule has 0 saturated heterocycles. The van der Waals surface area contributed by atoms with Gasteiger partial charge in [0.15, 0.2) is 11.5 Å². The lowest BCUT2D eigenvalue weighted by molar-refractivity contribution is -0.116. The molecule has 8 heteroatoms. The van der Waals surface area contributed by atoms with Crippen molar-refractivity contribution in [3.63, 3.8) is 0 Å². The van der Waals surface area contributed by atoms with E-state index in [0.717, 1.165) is 0 Å². The standard InChI is InChI=1S/C21H20F2N2O4/c1-13-11-19(26)24-15-5-3-4-6-16(15)25(13)20(27)10-8-14-7-9-17(29-21(22)23)18(12-14)28-2/h3-10,12-13,21H,11H2,1-2H3,(H,24,26)/b10-8+. The van der Waals surface area contributed by atoms with E-state index >= 15 is 0 Å². The molecule has 0 fully saturated rings. The van der Waals surface area contributed by atoms with Crippen molar-refractivity contribution in [1.29, 1.82) is 0 Å². The van der Waals surface area contributed by atoms with Crippen molar-refractivity contribution in [2.45, 2.75) is 26.0 Å². The zero-order valence-electron chi connectivity index (χ0n) is 15.9. The van der Waals surface area contributed by atoms with Gasteiger partial charge in [-0.3, -0.25) is 9.59 Å². The average Bonchev–Trinajstić information content (AvgIpc) is 2.80. The molecule has 1 N–H and O–H groups in total. The Morgan fingerprint density at radius 1 is 1.24 bits per heavy atom. The molecule has 1 aliphatic heterocycles. The molecule has 152 valence electrons. The maximum Gasteiger partial charge on any atom is 0.387 e. The Labute approximate surface area is 166 Å². The van der Waals surface area contributed by atoms with Crippen LogP contribution in [0.1, 0.15) is 18.9 Å². The van der Waals surface area contributed by atoms with Crippen LogP contribution in [-0.4, -0.2) is 31.6 Å². The fourth-order valence-electron chi connectivity index (χ4n) is 3.15. The van der Waals surface area contributed by atoms with E-state index in [2.05, 4.69) is 10.1 Å². The number of benzene rings is 2. The molecule has 2 amide bonds. The minimum absolute atomic E-state index is 0.0920. The Morgan fingerprint density at radius 3 is 2.72 bits per heavy atom. The molecule has 1 atom stereocenters. The SMILES string of the molecule is COc1cc(/C=C/C(=O)N2c3ccccc3NC(=O)CC2C)ccc1OC(F)F. The normalized spacial score (nSPS) is 16.4. The van der Waals surface area contributed by atoms with Crippen LogP contribution in [0.2, 0.25) is 0 Å². The zero-order chi connectivity index (χ0) is 21.0. The summed E-state index contributed by atoms with van der Waals surface area (Å²) in [4.78, 5) is 26.5. The number of alkyl halides is 2. The van der Waals surface area contributed by atoms with Gasteiger partial charge in [-0.2, -0.15) is 8.78 Å². The van der Waals surface area contributed by atoms with Gasteiger partial charge in [-0.1, -0.05) is 18.2 Å². The monoisotopic (exact) mass is 402 g/mol. The van der Waals surface area contributed by atoms with Gasteiger partial charge in [-0.15, -0.1) is 0 Å². The lowest BCUT2D eigenvalue weighted by Gasteiger charge is -2.26. The molecule has 1 aliphatic rings. The van der Waals surface area contributed by atoms with E-state index in [1.165, 1.54) is 31.4 Å². The highest BCUT2D eigenvalue weighted by atomic mass is 19.3. The van der Waals surface area contributed by atoms with Crippen LogP contribution in [0.4, 0.5) is 20.2 Å². The Hall–Kier alpha value is -3.42. The van der Waals surface area contributed by atoms with Crippen LogP contribution < -0.4 is 19.7 Å². The smallest absolute Gasteiger partial charge is 0.387 e. The summed E-state index contributed by atoms with van der Waals surface area (Å²) < 4.78 is 34.4. The van der Waals surface area contributed by atoms with E-state index in [1.54, 1.807) is 42.2 Å². The number of hydrogen-bond donors (Lipinski definition) is 1. The van der Waals surface area contributed by atoms with Crippen molar-refractivity contribution in [2.75, 3.05) is 17.3 Å². The van der Waals surface area contributed by atoms with Gasteiger partial charge in [0.05, 0.1) is 18.5 Å². The molecular formula is C21H20F2N2O4. The van der Waals surface area contributed by atoms with E-state index < -0.39 is 6.61 Å². The average molecular weight is 402 g/mol. The molecule has 2 aromatic carbocycles. The number of hydrogen-bond acceptors (Lipinski definition) is 4. The number of nitrogens with zero attached hydrogens (tertiary/aromatic N) is 1. The van der Waals surface area contributed by atoms with Gasteiger partial charge in [0, 0.05) is 18.5 Å². The number of nitrogens with one attached hydrogen (secondary N) is 1. The number of halogens is 2. The van der Waals surface area contributed by atoms with Crippen molar-refractivity contribution in [1.82, 2.24) is 0 Å². The first kappa shape index (κ1) is 20.3. The summed E-state index contributed by atoms with van der Waals surface area (Å²) in [6.07, 6.45) is 3.08. The van der Waals surface area contributed by atoms with Crippen LogP contribution in [0.15, 0.2) is 48.5 Å². The van der Waals surface area contributed by atoms with Crippen LogP contribution in [0.25, 0.3) is 6.08 Å². The molecule has 6 nitrogen and oxygen atoms in total. The highest BCUT2D eigenvalue weighted by molar-refractivity contribution is 6.09. The van der Waals surface area contributed by atoms with E-state index in [4.69, 9.17) is 4.74 Å². The predicted molar refractivity (Wildman–Crippen MR) is 105 cm³/mol. The fourth-order valence-corrected chi connectivity index (χ4v) is 3.15. The van der Waals surface area contributed by atoms with Crippen molar-refractivity contribution in [2.24, 2.45) is 0 Å². The van der Waals surface area contributed by atoms with Crippen LogP contribution in [0.5, 0.6) is 11.5 Å². The summed E-state index contributed by atoms with van der Waals surface area (Å²) in [7, 11) is 1.34. The van der Waals surface area contributed by atoms with Crippen LogP contribution >= 0.6 is 0 Å². The molecule has 1 unspecified atom stereocenters. The number of methoxy groups -OCH3 is 1. The van der Waals surface area contributed by atoms with E-state index in [9.17, 15) is 18.4 Å². The third-order valence-electron chi connectivity index (χ3n) is 4.42. The van der Waals surface area contributed by atoms with Crippen LogP contribution in [0.3, 0.4) is 0 Å². The lowest BCUT2D eigenvalue weighted by atomic mass is 10.1. The largest absolute Gasteiger partial charge is 0.493 e. The Morgan fingerprint density at radius 2 is 2.00 bits per heavy atom. The van der Waals surface area contributed by atoms with Gasteiger partial charge in [0.25, 0.3) is 5.91 Å². The number of rotatable bonds is 5. The van der Waals surface area contributed by atoms with Gasteiger partial charge >= 0.3 is 6.61 Å². The predicted octanol–water partition coefficient (Wildman–Crippen LogP) is 4.07. The van der Waals surface area contributed by atoms with Gasteiger partial charge < -0.3 is 19.7 Å². The Kier molecular flexibility index (Phi) is 6.11. The minimum Gasteiger partial charge on any atom is -0.493 e. The zero-order valence-corrected chi connectivity index (χ0v) is 15.9. The van der Waals surface area contributed by atoms with Crippen LogP contribution in [-0.2, 0) is 9.59 Å². The van der Waals surface area contributed by atoms with Crippen molar-refractivity contribution in [3.05, 3.63) is 54.1 Å². The van der Waals surface area contributed by atoms with Crippen LogP contribution in [0, 0.1) is 0 Å². The Bertz CT molecular complexity index is 946. The number of carbonyl (C=O) groups excluding carboxylic acids is 2. The summed E-state index contributed by atoms with van der Waals surface area (Å²) in [5.41, 5.74) is 1.75. The molecule has 0 radical (unpaired) electrons. The second-order valence-corrected chi connectivity index (χ2v) is 6.45. The summed E-state index contributed by atoms with van der Waals surface area (Å²) in [5, 5.41) is 2.80. The molecule has 2 aromatic rings. The number of fused-ring (bicyclic) bond motifs is 1. The summed E-state index contributed by atoms with van der Waals surface area (Å²) >= 11 is 0. The molecule has 3 rings (SSSR count). The minimum atomic E-state index is -2.97. The van der Waals surface area contributed by atoms with Crippen molar-refractivity contribution < 1.29 is 27.8 Å². The molecule has 0 spiro atoms. The highest BCUT2D eigenvalue weighted by Gasteiger charge is 2.28. The number of carbonyl (C=O) groups is 2. The fraction of sp³-hybridized carbons (Fsp3) is 0.238. The first-order valence-corrected chi connectivity index (χ1v) is 8.92. The molecule has 0 aromatic heterocycles. The molecule has 0 aliphatic carbocycles. The third kappa shape index (κ3) is 4.71. The summed E-state index contributed by atoms with van der Waals surface area (Å²) in [6.45, 7) is -1.17. The number of ether oxygens (including phenoxy) is 2. The molecule has 0 saturated carbocycles. The molecule has 0 bridgehead atoms. The number of anilines is 2. The van der Waals surface area contributed by atoms with Crippen molar-refractivity contribution >= 4 is 29.3 Å². The Balaban J connectivity index is 1.86. The summed E-state index contributed by atoms with van der Waals surface area (Å²) in [6, 6.07) is 11.1. The van der Waals surface area contributed by atoms with Gasteiger partial charge in [-0.05, 0) is 42.8 Å². The maximum absolute atomic E-state index is 12.9. The third-order valence-corrected chi connectivity index (χ3v) is 4.42. The summed E-state index contributed by atoms with van der Waals surface area (Å²) in [5.74, 6) is -0.439. The second kappa shape index (κ2) is 8.72. The quantitative estimate of drug-likeness (QED) is 0.766. The van der Waals surface area contributed by atoms with Gasteiger partial charge in [-0.25, -0.2) is 0 Å². The van der Waals surface area contributed by atoms with Gasteiger partial charge in [0.2, 0.25) is 5.91 Å². The first-order valence-electron chi connectivity index (χ1n) is 8.92. The molecule has 1 heterocycles. The number of para-hydroxylation sites is 2. The van der Waals surface area contributed by atoms with E-state index in [-0.39, 0.29) is 35.8 Å². The molecular weight excluding hydrogens is 382 g/mol. The van der Waals surface area contributed by atoms with Crippen molar-refractivity contribution in [3.8, 4) is 11.5 Å².